The molecule has 1 atom stereocenters. The Balaban J connectivity index is 1.74. The predicted octanol–water partition coefficient (Wildman–Crippen LogP) is 1.06. The number of thiazole rings is 1. The van der Waals surface area contributed by atoms with Crippen molar-refractivity contribution in [2.75, 3.05) is 25.2 Å². The molecule has 0 saturated heterocycles. The molecule has 0 aliphatic rings. The predicted molar refractivity (Wildman–Crippen MR) is 125 cm³/mol. The molecule has 34 heavy (non-hydrogen) atoms. The van der Waals surface area contributed by atoms with Gasteiger partial charge >= 0.3 is 0 Å². The van der Waals surface area contributed by atoms with Crippen molar-refractivity contribution in [1.82, 2.24) is 25.0 Å². The SMILES string of the molecule is COCCS(=O)(=O)C(c1nnc(CCS(N)(=O)=O)o1)c1nc2ccc(-c3cnn(C)c3)cc2s1. The number of ether oxygens (including phenoxy) is 1. The number of rotatable bonds is 10. The van der Waals surface area contributed by atoms with E-state index in [-0.39, 0.29) is 35.6 Å². The topological polar surface area (TPSA) is 173 Å². The Kier molecular flexibility index (Phi) is 6.82. The molecule has 0 saturated carbocycles. The van der Waals surface area contributed by atoms with Gasteiger partial charge in [0.15, 0.2) is 15.1 Å². The highest BCUT2D eigenvalue weighted by Gasteiger charge is 2.36. The summed E-state index contributed by atoms with van der Waals surface area (Å²) in [6.07, 6.45) is 3.48. The fourth-order valence-electron chi connectivity index (χ4n) is 3.24. The van der Waals surface area contributed by atoms with E-state index in [1.165, 1.54) is 18.4 Å². The van der Waals surface area contributed by atoms with Crippen molar-refractivity contribution in [3.63, 3.8) is 0 Å². The molecule has 0 aliphatic carbocycles. The van der Waals surface area contributed by atoms with Crippen molar-refractivity contribution < 1.29 is 26.0 Å². The maximum absolute atomic E-state index is 13.2. The second kappa shape index (κ2) is 9.50. The number of aryl methyl sites for hydroxylation is 2. The van der Waals surface area contributed by atoms with Gasteiger partial charge in [-0.15, -0.1) is 21.5 Å². The van der Waals surface area contributed by atoms with Gasteiger partial charge in [0.25, 0.3) is 0 Å². The van der Waals surface area contributed by atoms with E-state index in [1.54, 1.807) is 10.9 Å². The summed E-state index contributed by atoms with van der Waals surface area (Å²) in [5.41, 5.74) is 2.45. The number of fused-ring (bicyclic) bond motifs is 1. The van der Waals surface area contributed by atoms with Gasteiger partial charge < -0.3 is 9.15 Å². The molecule has 0 spiro atoms. The van der Waals surface area contributed by atoms with Crippen LogP contribution in [0.15, 0.2) is 35.0 Å². The molecule has 3 heterocycles. The van der Waals surface area contributed by atoms with Crippen LogP contribution in [0.25, 0.3) is 21.3 Å². The minimum atomic E-state index is -3.86. The third-order valence-corrected chi connectivity index (χ3v) is 8.79. The van der Waals surface area contributed by atoms with Gasteiger partial charge in [-0.25, -0.2) is 27.0 Å². The third-order valence-electron chi connectivity index (χ3n) is 4.91. The number of benzene rings is 1. The summed E-state index contributed by atoms with van der Waals surface area (Å²) in [7, 11) is -4.38. The van der Waals surface area contributed by atoms with E-state index in [9.17, 15) is 16.8 Å². The van der Waals surface area contributed by atoms with E-state index < -0.39 is 30.9 Å². The molecule has 12 nitrogen and oxygen atoms in total. The molecule has 4 rings (SSSR count). The van der Waals surface area contributed by atoms with Crippen LogP contribution in [-0.2, 0) is 38.1 Å². The number of hydrogen-bond donors (Lipinski definition) is 1. The van der Waals surface area contributed by atoms with Gasteiger partial charge in [0.1, 0.15) is 5.01 Å². The Morgan fingerprint density at radius 2 is 1.97 bits per heavy atom. The van der Waals surface area contributed by atoms with Crippen LogP contribution >= 0.6 is 11.3 Å². The maximum atomic E-state index is 13.2. The normalized spacial score (nSPS) is 13.5. The zero-order valence-electron chi connectivity index (χ0n) is 18.3. The standard InChI is InChI=1S/C19H22N6O6S3/c1-25-11-13(10-21-25)12-3-4-14-15(9-12)32-19(22-14)17(33(26,27)8-6-30-2)18-24-23-16(31-18)5-7-34(20,28)29/h3-4,9-11,17H,5-8H2,1-2H3,(H2,20,28,29). The molecule has 182 valence electrons. The zero-order chi connectivity index (χ0) is 24.5. The second-order valence-corrected chi connectivity index (χ2v) is 12.5. The first-order valence-electron chi connectivity index (χ1n) is 9.98. The Morgan fingerprint density at radius 3 is 2.65 bits per heavy atom. The number of primary sulfonamides is 1. The number of nitrogens with two attached hydrogens (primary N) is 1. The average molecular weight is 527 g/mol. The lowest BCUT2D eigenvalue weighted by molar-refractivity contribution is 0.217. The molecular weight excluding hydrogens is 504 g/mol. The number of sulfonamides is 1. The molecule has 0 radical (unpaired) electrons. The Hall–Kier alpha value is -2.72. The van der Waals surface area contributed by atoms with Gasteiger partial charge in [0.2, 0.25) is 21.8 Å². The van der Waals surface area contributed by atoms with E-state index in [4.69, 9.17) is 14.3 Å². The van der Waals surface area contributed by atoms with Gasteiger partial charge in [0.05, 0.1) is 34.5 Å². The smallest absolute Gasteiger partial charge is 0.241 e. The Morgan fingerprint density at radius 1 is 1.18 bits per heavy atom. The summed E-state index contributed by atoms with van der Waals surface area (Å²) in [6, 6.07) is 5.61. The number of sulfone groups is 1. The largest absolute Gasteiger partial charge is 0.423 e. The molecule has 0 amide bonds. The number of aromatic nitrogens is 5. The molecule has 2 N–H and O–H groups in total. The minimum absolute atomic E-state index is 0.0265. The first kappa shape index (κ1) is 24.4. The monoisotopic (exact) mass is 526 g/mol. The summed E-state index contributed by atoms with van der Waals surface area (Å²) in [5.74, 6) is -0.920. The van der Waals surface area contributed by atoms with Crippen LogP contribution in [0.3, 0.4) is 0 Å². The molecule has 1 unspecified atom stereocenters. The van der Waals surface area contributed by atoms with Gasteiger partial charge in [-0.2, -0.15) is 5.10 Å². The Bertz CT molecular complexity index is 1520. The van der Waals surface area contributed by atoms with Crippen LogP contribution in [0, 0.1) is 0 Å². The van der Waals surface area contributed by atoms with Crippen LogP contribution in [0.1, 0.15) is 22.0 Å². The average Bonchev–Trinajstić information content (AvgIpc) is 3.49. The second-order valence-electron chi connectivity index (χ2n) is 7.53. The number of hydrogen-bond acceptors (Lipinski definition) is 11. The van der Waals surface area contributed by atoms with Crippen molar-refractivity contribution >= 4 is 41.4 Å². The van der Waals surface area contributed by atoms with Gasteiger partial charge in [-0.1, -0.05) is 6.07 Å². The molecule has 1 aromatic carbocycles. The first-order chi connectivity index (χ1) is 16.1. The van der Waals surface area contributed by atoms with Crippen molar-refractivity contribution in [3.8, 4) is 11.1 Å². The first-order valence-corrected chi connectivity index (χ1v) is 14.2. The quantitative estimate of drug-likeness (QED) is 0.315. The number of methoxy groups -OCH3 is 1. The molecule has 0 bridgehead atoms. The van der Waals surface area contributed by atoms with E-state index >= 15 is 0 Å². The lowest BCUT2D eigenvalue weighted by atomic mass is 10.1. The summed E-state index contributed by atoms with van der Waals surface area (Å²) in [6.45, 7) is -0.0265. The molecular formula is C19H22N6O6S3. The van der Waals surface area contributed by atoms with Gasteiger partial charge in [-0.3, -0.25) is 4.68 Å². The molecule has 3 aromatic heterocycles. The fraction of sp³-hybridized carbons (Fsp3) is 0.368. The highest BCUT2D eigenvalue weighted by molar-refractivity contribution is 7.92. The zero-order valence-corrected chi connectivity index (χ0v) is 20.7. The van der Waals surface area contributed by atoms with Crippen molar-refractivity contribution in [1.29, 1.82) is 0 Å². The van der Waals surface area contributed by atoms with E-state index in [1.807, 2.05) is 31.4 Å². The third kappa shape index (κ3) is 5.50. The van der Waals surface area contributed by atoms with E-state index in [0.717, 1.165) is 15.8 Å². The van der Waals surface area contributed by atoms with Crippen LogP contribution in [0.5, 0.6) is 0 Å². The van der Waals surface area contributed by atoms with Crippen LogP contribution in [0.2, 0.25) is 0 Å². The van der Waals surface area contributed by atoms with Gasteiger partial charge in [-0.05, 0) is 17.7 Å². The van der Waals surface area contributed by atoms with Crippen LogP contribution < -0.4 is 5.14 Å². The number of nitrogens with zero attached hydrogens (tertiary/aromatic N) is 5. The van der Waals surface area contributed by atoms with Crippen molar-refractivity contribution in [2.24, 2.45) is 12.2 Å². The van der Waals surface area contributed by atoms with E-state index in [2.05, 4.69) is 20.3 Å². The minimum Gasteiger partial charge on any atom is -0.423 e. The highest BCUT2D eigenvalue weighted by Crippen LogP contribution is 2.37. The highest BCUT2D eigenvalue weighted by atomic mass is 32.2. The summed E-state index contributed by atoms with van der Waals surface area (Å²) < 4.78 is 61.9. The summed E-state index contributed by atoms with van der Waals surface area (Å²) in [4.78, 5) is 4.53. The van der Waals surface area contributed by atoms with Crippen molar-refractivity contribution in [3.05, 3.63) is 47.4 Å². The summed E-state index contributed by atoms with van der Waals surface area (Å²) in [5, 5.41) is 15.8. The molecule has 0 aliphatic heterocycles. The lowest BCUT2D eigenvalue weighted by Gasteiger charge is -2.11. The molecule has 0 fully saturated rings. The molecule has 4 aromatic rings. The van der Waals surface area contributed by atoms with Crippen LogP contribution in [0.4, 0.5) is 0 Å². The van der Waals surface area contributed by atoms with Crippen LogP contribution in [-0.4, -0.2) is 67.0 Å². The lowest BCUT2D eigenvalue weighted by Crippen LogP contribution is -2.21. The fourth-order valence-corrected chi connectivity index (χ4v) is 6.66. The van der Waals surface area contributed by atoms with Crippen molar-refractivity contribution in [2.45, 2.75) is 11.7 Å². The van der Waals surface area contributed by atoms with E-state index in [0.29, 0.717) is 5.52 Å². The molecule has 15 heteroatoms. The Labute approximate surface area is 199 Å². The summed E-state index contributed by atoms with van der Waals surface area (Å²) >= 11 is 1.20. The maximum Gasteiger partial charge on any atom is 0.241 e. The van der Waals surface area contributed by atoms with Gasteiger partial charge in [0, 0.05) is 32.3 Å².